The number of thiophene rings is 1. The van der Waals surface area contributed by atoms with Crippen molar-refractivity contribution in [3.8, 4) is 11.5 Å². The molecule has 1 N–H and O–H groups in total. The number of para-hydroxylation sites is 1. The van der Waals surface area contributed by atoms with Crippen molar-refractivity contribution in [1.82, 2.24) is 5.32 Å². The van der Waals surface area contributed by atoms with Gasteiger partial charge in [0.1, 0.15) is 11.5 Å². The van der Waals surface area contributed by atoms with Gasteiger partial charge in [-0.1, -0.05) is 18.2 Å². The Labute approximate surface area is 133 Å². The van der Waals surface area contributed by atoms with E-state index in [4.69, 9.17) is 4.74 Å². The number of carbonyl (C=O) groups excluding carboxylic acids is 1. The summed E-state index contributed by atoms with van der Waals surface area (Å²) in [7, 11) is 0. The summed E-state index contributed by atoms with van der Waals surface area (Å²) in [6, 6.07) is 18.7. The lowest BCUT2D eigenvalue weighted by molar-refractivity contribution is 0.0951. The number of nitrogens with one attached hydrogen (secondary N) is 1. The summed E-state index contributed by atoms with van der Waals surface area (Å²) < 4.78 is 5.70. The molecule has 0 saturated heterocycles. The molecule has 4 heteroatoms. The fourth-order valence-electron chi connectivity index (χ4n) is 1.98. The summed E-state index contributed by atoms with van der Waals surface area (Å²) >= 11 is 1.62. The number of benzene rings is 2. The second kappa shape index (κ2) is 6.91. The molecule has 22 heavy (non-hydrogen) atoms. The Bertz CT molecular complexity index is 722. The smallest absolute Gasteiger partial charge is 0.251 e. The average Bonchev–Trinajstić information content (AvgIpc) is 3.08. The Balaban J connectivity index is 1.60. The quantitative estimate of drug-likeness (QED) is 0.755. The molecule has 2 aromatic carbocycles. The summed E-state index contributed by atoms with van der Waals surface area (Å²) in [6.07, 6.45) is 0. The third-order valence-corrected chi connectivity index (χ3v) is 3.86. The second-order valence-electron chi connectivity index (χ2n) is 4.75. The molecule has 0 bridgehead atoms. The van der Waals surface area contributed by atoms with Gasteiger partial charge in [0.25, 0.3) is 5.91 Å². The van der Waals surface area contributed by atoms with Crippen LogP contribution in [0.25, 0.3) is 0 Å². The number of rotatable bonds is 5. The second-order valence-corrected chi connectivity index (χ2v) is 5.53. The monoisotopic (exact) mass is 309 g/mol. The number of hydrogen-bond acceptors (Lipinski definition) is 3. The minimum atomic E-state index is -0.0857. The maximum absolute atomic E-state index is 12.1. The van der Waals surface area contributed by atoms with E-state index in [0.29, 0.717) is 17.9 Å². The van der Waals surface area contributed by atoms with Gasteiger partial charge in [-0.2, -0.15) is 11.3 Å². The minimum Gasteiger partial charge on any atom is -0.457 e. The predicted molar refractivity (Wildman–Crippen MR) is 88.4 cm³/mol. The Hall–Kier alpha value is -2.59. The summed E-state index contributed by atoms with van der Waals surface area (Å²) in [6.45, 7) is 0.546. The lowest BCUT2D eigenvalue weighted by Crippen LogP contribution is -2.22. The zero-order valence-corrected chi connectivity index (χ0v) is 12.7. The van der Waals surface area contributed by atoms with Gasteiger partial charge < -0.3 is 10.1 Å². The molecule has 1 aromatic heterocycles. The molecule has 0 saturated carbocycles. The summed E-state index contributed by atoms with van der Waals surface area (Å²) in [5.41, 5.74) is 1.73. The van der Waals surface area contributed by atoms with Gasteiger partial charge in [-0.15, -0.1) is 0 Å². The van der Waals surface area contributed by atoms with Crippen LogP contribution in [-0.2, 0) is 6.54 Å². The van der Waals surface area contributed by atoms with Crippen molar-refractivity contribution in [3.63, 3.8) is 0 Å². The molecule has 0 aliphatic heterocycles. The highest BCUT2D eigenvalue weighted by Gasteiger charge is 2.06. The van der Waals surface area contributed by atoms with Gasteiger partial charge in [0.15, 0.2) is 0 Å². The van der Waals surface area contributed by atoms with Crippen molar-refractivity contribution >= 4 is 17.2 Å². The van der Waals surface area contributed by atoms with Crippen molar-refractivity contribution in [2.24, 2.45) is 0 Å². The van der Waals surface area contributed by atoms with Crippen LogP contribution in [0.15, 0.2) is 71.4 Å². The van der Waals surface area contributed by atoms with E-state index in [9.17, 15) is 4.79 Å². The highest BCUT2D eigenvalue weighted by atomic mass is 32.1. The van der Waals surface area contributed by atoms with Crippen LogP contribution in [0.1, 0.15) is 15.9 Å². The van der Waals surface area contributed by atoms with Crippen molar-refractivity contribution in [2.45, 2.75) is 6.54 Å². The zero-order valence-electron chi connectivity index (χ0n) is 11.9. The molecule has 3 rings (SSSR count). The van der Waals surface area contributed by atoms with Crippen LogP contribution in [0.3, 0.4) is 0 Å². The lowest BCUT2D eigenvalue weighted by Gasteiger charge is -2.07. The van der Waals surface area contributed by atoms with E-state index in [2.05, 4.69) is 5.32 Å². The van der Waals surface area contributed by atoms with Gasteiger partial charge in [-0.05, 0) is 58.8 Å². The maximum atomic E-state index is 12.1. The number of ether oxygens (including phenoxy) is 1. The molecule has 0 unspecified atom stereocenters. The van der Waals surface area contributed by atoms with Crippen molar-refractivity contribution < 1.29 is 9.53 Å². The summed E-state index contributed by atoms with van der Waals surface area (Å²) in [5, 5.41) is 6.92. The molecule has 3 aromatic rings. The largest absolute Gasteiger partial charge is 0.457 e. The fraction of sp³-hybridized carbons (Fsp3) is 0.0556. The van der Waals surface area contributed by atoms with Gasteiger partial charge in [0, 0.05) is 12.1 Å². The molecule has 0 aliphatic carbocycles. The first-order valence-corrected chi connectivity index (χ1v) is 7.88. The highest BCUT2D eigenvalue weighted by molar-refractivity contribution is 7.07. The first-order chi connectivity index (χ1) is 10.8. The normalized spacial score (nSPS) is 10.2. The predicted octanol–water partition coefficient (Wildman–Crippen LogP) is 4.47. The van der Waals surface area contributed by atoms with Gasteiger partial charge in [0.05, 0.1) is 0 Å². The van der Waals surface area contributed by atoms with Crippen molar-refractivity contribution in [1.29, 1.82) is 0 Å². The highest BCUT2D eigenvalue weighted by Crippen LogP contribution is 2.21. The molecule has 0 fully saturated rings. The Kier molecular flexibility index (Phi) is 4.51. The third-order valence-electron chi connectivity index (χ3n) is 3.13. The molecule has 1 amide bonds. The molecule has 110 valence electrons. The molecule has 0 aliphatic rings. The first kappa shape index (κ1) is 14.4. The van der Waals surface area contributed by atoms with Gasteiger partial charge in [-0.3, -0.25) is 4.79 Å². The number of carbonyl (C=O) groups is 1. The third kappa shape index (κ3) is 3.74. The van der Waals surface area contributed by atoms with E-state index in [0.717, 1.165) is 11.3 Å². The number of amides is 1. The molecule has 1 heterocycles. The van der Waals surface area contributed by atoms with E-state index >= 15 is 0 Å². The van der Waals surface area contributed by atoms with E-state index in [1.165, 1.54) is 0 Å². The molecule has 0 spiro atoms. The summed E-state index contributed by atoms with van der Waals surface area (Å²) in [5.74, 6) is 1.40. The topological polar surface area (TPSA) is 38.3 Å². The van der Waals surface area contributed by atoms with Crippen LogP contribution in [-0.4, -0.2) is 5.91 Å². The molecule has 0 radical (unpaired) electrons. The molecular formula is C18H15NO2S. The summed E-state index contributed by atoms with van der Waals surface area (Å²) in [4.78, 5) is 12.1. The van der Waals surface area contributed by atoms with E-state index in [1.807, 2.05) is 47.2 Å². The lowest BCUT2D eigenvalue weighted by atomic mass is 10.2. The van der Waals surface area contributed by atoms with Gasteiger partial charge in [-0.25, -0.2) is 0 Å². The van der Waals surface area contributed by atoms with Crippen LogP contribution in [0.2, 0.25) is 0 Å². The molecule has 0 atom stereocenters. The minimum absolute atomic E-state index is 0.0857. The van der Waals surface area contributed by atoms with Crippen LogP contribution in [0.5, 0.6) is 11.5 Å². The SMILES string of the molecule is O=C(NCc1ccsc1)c1ccc(Oc2ccccc2)cc1. The van der Waals surface area contributed by atoms with Gasteiger partial charge >= 0.3 is 0 Å². The van der Waals surface area contributed by atoms with E-state index < -0.39 is 0 Å². The van der Waals surface area contributed by atoms with Crippen molar-refractivity contribution in [2.75, 3.05) is 0 Å². The van der Waals surface area contributed by atoms with Crippen LogP contribution in [0, 0.1) is 0 Å². The van der Waals surface area contributed by atoms with Crippen LogP contribution < -0.4 is 10.1 Å². The first-order valence-electron chi connectivity index (χ1n) is 6.93. The van der Waals surface area contributed by atoms with E-state index in [1.54, 1.807) is 35.6 Å². The van der Waals surface area contributed by atoms with Crippen LogP contribution in [0.4, 0.5) is 0 Å². The fourth-order valence-corrected chi connectivity index (χ4v) is 2.65. The Morgan fingerprint density at radius 3 is 2.36 bits per heavy atom. The molecular weight excluding hydrogens is 294 g/mol. The zero-order chi connectivity index (χ0) is 15.2. The Morgan fingerprint density at radius 1 is 0.955 bits per heavy atom. The Morgan fingerprint density at radius 2 is 1.68 bits per heavy atom. The van der Waals surface area contributed by atoms with E-state index in [-0.39, 0.29) is 5.91 Å². The standard InChI is InChI=1S/C18H15NO2S/c20-18(19-12-14-10-11-22-13-14)15-6-8-17(9-7-15)21-16-4-2-1-3-5-16/h1-11,13H,12H2,(H,19,20). The molecule has 3 nitrogen and oxygen atoms in total. The number of hydrogen-bond donors (Lipinski definition) is 1. The average molecular weight is 309 g/mol. The maximum Gasteiger partial charge on any atom is 0.251 e. The van der Waals surface area contributed by atoms with Crippen LogP contribution >= 0.6 is 11.3 Å². The van der Waals surface area contributed by atoms with Gasteiger partial charge in [0.2, 0.25) is 0 Å². The van der Waals surface area contributed by atoms with Crippen molar-refractivity contribution in [3.05, 3.63) is 82.6 Å².